The van der Waals surface area contributed by atoms with Gasteiger partial charge < -0.3 is 10.1 Å². The lowest BCUT2D eigenvalue weighted by Crippen LogP contribution is -2.07. The number of benzene rings is 1. The van der Waals surface area contributed by atoms with E-state index in [9.17, 15) is 0 Å². The maximum Gasteiger partial charge on any atom is 0.119 e. The first-order valence-corrected chi connectivity index (χ1v) is 4.44. The minimum absolute atomic E-state index is 0. The Balaban J connectivity index is 0.000000980. The zero-order valence-corrected chi connectivity index (χ0v) is 9.83. The third kappa shape index (κ3) is 2.36. The maximum absolute atomic E-state index is 5.17. The summed E-state index contributed by atoms with van der Waals surface area (Å²) in [5.74, 6) is 0.922. The summed E-state index contributed by atoms with van der Waals surface area (Å²) < 4.78 is 5.17. The van der Waals surface area contributed by atoms with Gasteiger partial charge in [-0.05, 0) is 23.3 Å². The highest BCUT2D eigenvalue weighted by atomic mass is 79.9. The second-order valence-corrected chi connectivity index (χ2v) is 3.09. The summed E-state index contributed by atoms with van der Waals surface area (Å²) in [5.41, 5.74) is 2.61. The van der Waals surface area contributed by atoms with Crippen LogP contribution in [0.4, 0.5) is 0 Å². The predicted molar refractivity (Wildman–Crippen MR) is 64.2 cm³/mol. The van der Waals surface area contributed by atoms with Crippen LogP contribution in [0.1, 0.15) is 5.56 Å². The summed E-state index contributed by atoms with van der Waals surface area (Å²) in [4.78, 5) is 0. The van der Waals surface area contributed by atoms with E-state index in [1.807, 2.05) is 12.1 Å². The van der Waals surface area contributed by atoms with E-state index in [0.717, 1.165) is 18.8 Å². The molecule has 2 nitrogen and oxygen atoms in total. The van der Waals surface area contributed by atoms with Gasteiger partial charge >= 0.3 is 0 Å². The molecule has 0 atom stereocenters. The molecule has 0 aromatic heterocycles. The van der Waals surface area contributed by atoms with E-state index in [0.29, 0.717) is 0 Å². The van der Waals surface area contributed by atoms with Gasteiger partial charge in [0.05, 0.1) is 7.11 Å². The summed E-state index contributed by atoms with van der Waals surface area (Å²) in [6, 6.07) is 8.17. The van der Waals surface area contributed by atoms with Crippen molar-refractivity contribution in [1.29, 1.82) is 0 Å². The molecule has 0 bridgehead atoms. The number of rotatable bonds is 2. The van der Waals surface area contributed by atoms with Crippen molar-refractivity contribution in [2.75, 3.05) is 20.2 Å². The lowest BCUT2D eigenvalue weighted by molar-refractivity contribution is 0.414. The number of nitrogens with one attached hydrogen (secondary N) is 1. The summed E-state index contributed by atoms with van der Waals surface area (Å²) in [5, 5.41) is 3.27. The zero-order valence-electron chi connectivity index (χ0n) is 8.12. The van der Waals surface area contributed by atoms with Gasteiger partial charge in [-0.3, -0.25) is 0 Å². The van der Waals surface area contributed by atoms with Crippen LogP contribution >= 0.6 is 17.0 Å². The normalized spacial score (nSPS) is 14.5. The Bertz CT molecular complexity index is 336. The highest BCUT2D eigenvalue weighted by Gasteiger charge is 2.06. The molecule has 1 aliphatic rings. The standard InChI is InChI=1S/C11H13NO.BrH/c1-13-11-4-2-3-9(7-11)10-5-6-12-8-10;/h2-5,7,12H,6,8H2,1H3;1H. The van der Waals surface area contributed by atoms with E-state index in [2.05, 4.69) is 23.5 Å². The smallest absolute Gasteiger partial charge is 0.119 e. The van der Waals surface area contributed by atoms with Crippen LogP contribution in [0.5, 0.6) is 5.75 Å². The SMILES string of the molecule is Br.COc1cccc(C2=CCNC2)c1. The molecule has 0 radical (unpaired) electrons. The van der Waals surface area contributed by atoms with Crippen molar-refractivity contribution >= 4 is 22.6 Å². The molecule has 1 N–H and O–H groups in total. The number of halogens is 1. The number of hydrogen-bond acceptors (Lipinski definition) is 2. The van der Waals surface area contributed by atoms with Gasteiger partial charge in [0, 0.05) is 13.1 Å². The number of ether oxygens (including phenoxy) is 1. The highest BCUT2D eigenvalue weighted by molar-refractivity contribution is 8.93. The van der Waals surface area contributed by atoms with Crippen molar-refractivity contribution in [3.63, 3.8) is 0 Å². The van der Waals surface area contributed by atoms with Gasteiger partial charge in [0.25, 0.3) is 0 Å². The molecular weight excluding hydrogens is 242 g/mol. The quantitative estimate of drug-likeness (QED) is 0.876. The van der Waals surface area contributed by atoms with Crippen molar-refractivity contribution in [2.45, 2.75) is 0 Å². The van der Waals surface area contributed by atoms with Gasteiger partial charge in [-0.2, -0.15) is 0 Å². The van der Waals surface area contributed by atoms with Gasteiger partial charge in [-0.15, -0.1) is 17.0 Å². The number of methoxy groups -OCH3 is 1. The second kappa shape index (κ2) is 5.17. The van der Waals surface area contributed by atoms with Crippen LogP contribution in [-0.4, -0.2) is 20.2 Å². The fraction of sp³-hybridized carbons (Fsp3) is 0.273. The van der Waals surface area contributed by atoms with Gasteiger partial charge in [0.2, 0.25) is 0 Å². The molecule has 0 spiro atoms. The largest absolute Gasteiger partial charge is 0.497 e. The Morgan fingerprint density at radius 1 is 1.36 bits per heavy atom. The van der Waals surface area contributed by atoms with Gasteiger partial charge in [0.15, 0.2) is 0 Å². The Labute approximate surface area is 94.7 Å². The molecule has 1 aromatic rings. The first-order chi connectivity index (χ1) is 6.40. The van der Waals surface area contributed by atoms with Crippen LogP contribution < -0.4 is 10.1 Å². The van der Waals surface area contributed by atoms with Crippen LogP contribution in [0, 0.1) is 0 Å². The summed E-state index contributed by atoms with van der Waals surface area (Å²) in [6.45, 7) is 1.94. The lowest BCUT2D eigenvalue weighted by atomic mass is 10.1. The van der Waals surface area contributed by atoms with Crippen molar-refractivity contribution in [1.82, 2.24) is 5.32 Å². The molecule has 1 heterocycles. The monoisotopic (exact) mass is 255 g/mol. The molecular formula is C11H14BrNO. The fourth-order valence-corrected chi connectivity index (χ4v) is 1.52. The molecule has 1 aromatic carbocycles. The van der Waals surface area contributed by atoms with E-state index in [4.69, 9.17) is 4.74 Å². The van der Waals surface area contributed by atoms with Crippen LogP contribution in [0.25, 0.3) is 5.57 Å². The van der Waals surface area contributed by atoms with Crippen LogP contribution in [0.3, 0.4) is 0 Å². The van der Waals surface area contributed by atoms with Crippen molar-refractivity contribution < 1.29 is 4.74 Å². The van der Waals surface area contributed by atoms with Crippen molar-refractivity contribution in [3.05, 3.63) is 35.9 Å². The van der Waals surface area contributed by atoms with E-state index in [1.54, 1.807) is 7.11 Å². The molecule has 0 amide bonds. The Morgan fingerprint density at radius 2 is 2.21 bits per heavy atom. The third-order valence-corrected chi connectivity index (χ3v) is 2.25. The third-order valence-electron chi connectivity index (χ3n) is 2.25. The summed E-state index contributed by atoms with van der Waals surface area (Å²) in [6.07, 6.45) is 2.22. The Kier molecular flexibility index (Phi) is 4.17. The lowest BCUT2D eigenvalue weighted by Gasteiger charge is -2.04. The zero-order chi connectivity index (χ0) is 9.10. The van der Waals surface area contributed by atoms with Gasteiger partial charge in [0.1, 0.15) is 5.75 Å². The maximum atomic E-state index is 5.17. The van der Waals surface area contributed by atoms with Crippen LogP contribution in [-0.2, 0) is 0 Å². The van der Waals surface area contributed by atoms with Gasteiger partial charge in [-0.1, -0.05) is 18.2 Å². The van der Waals surface area contributed by atoms with Crippen LogP contribution in [0.15, 0.2) is 30.3 Å². The van der Waals surface area contributed by atoms with Crippen LogP contribution in [0.2, 0.25) is 0 Å². The molecule has 14 heavy (non-hydrogen) atoms. The molecule has 0 saturated heterocycles. The first kappa shape index (κ1) is 11.3. The summed E-state index contributed by atoms with van der Waals surface area (Å²) >= 11 is 0. The molecule has 0 aliphatic carbocycles. The molecule has 2 rings (SSSR count). The average Bonchev–Trinajstić information content (AvgIpc) is 2.71. The molecule has 0 fully saturated rings. The molecule has 76 valence electrons. The summed E-state index contributed by atoms with van der Waals surface area (Å²) in [7, 11) is 1.69. The van der Waals surface area contributed by atoms with Gasteiger partial charge in [-0.25, -0.2) is 0 Å². The Hall–Kier alpha value is -0.800. The topological polar surface area (TPSA) is 21.3 Å². The molecule has 0 unspecified atom stereocenters. The predicted octanol–water partition coefficient (Wildman–Crippen LogP) is 2.26. The van der Waals surface area contributed by atoms with Crippen molar-refractivity contribution in [2.24, 2.45) is 0 Å². The highest BCUT2D eigenvalue weighted by Crippen LogP contribution is 2.20. The molecule has 3 heteroatoms. The van der Waals surface area contributed by atoms with E-state index >= 15 is 0 Å². The van der Waals surface area contributed by atoms with E-state index in [1.165, 1.54) is 11.1 Å². The molecule has 1 aliphatic heterocycles. The fourth-order valence-electron chi connectivity index (χ4n) is 1.52. The minimum Gasteiger partial charge on any atom is -0.497 e. The minimum atomic E-state index is 0. The average molecular weight is 256 g/mol. The second-order valence-electron chi connectivity index (χ2n) is 3.09. The first-order valence-electron chi connectivity index (χ1n) is 4.44. The van der Waals surface area contributed by atoms with E-state index in [-0.39, 0.29) is 17.0 Å². The number of hydrogen-bond donors (Lipinski definition) is 1. The van der Waals surface area contributed by atoms with Crippen molar-refractivity contribution in [3.8, 4) is 5.75 Å². The van der Waals surface area contributed by atoms with E-state index < -0.39 is 0 Å². The Morgan fingerprint density at radius 3 is 2.86 bits per heavy atom. The molecule has 0 saturated carbocycles.